The van der Waals surface area contributed by atoms with Crippen LogP contribution in [0.3, 0.4) is 0 Å². The third-order valence-corrected chi connectivity index (χ3v) is 4.05. The molecule has 1 heterocycles. The Morgan fingerprint density at radius 2 is 1.95 bits per heavy atom. The van der Waals surface area contributed by atoms with Crippen molar-refractivity contribution in [1.29, 1.82) is 0 Å². The maximum atomic E-state index is 12.3. The lowest BCUT2D eigenvalue weighted by atomic mass is 9.86. The molecule has 22 heavy (non-hydrogen) atoms. The van der Waals surface area contributed by atoms with E-state index in [1.165, 1.54) is 0 Å². The first-order chi connectivity index (χ1) is 10.6. The summed E-state index contributed by atoms with van der Waals surface area (Å²) >= 11 is 0. The lowest BCUT2D eigenvalue weighted by molar-refractivity contribution is 0.156. The molecule has 0 radical (unpaired) electrons. The number of rotatable bonds is 4. The Kier molecular flexibility index (Phi) is 5.13. The molecule has 0 aromatic heterocycles. The first-order valence-corrected chi connectivity index (χ1v) is 7.49. The maximum absolute atomic E-state index is 12.3. The molecular formula is C16H24N2O4. The van der Waals surface area contributed by atoms with Crippen molar-refractivity contribution in [1.82, 2.24) is 0 Å². The van der Waals surface area contributed by atoms with Crippen molar-refractivity contribution in [3.8, 4) is 11.5 Å². The number of carbonyl (C=O) groups is 1. The molecule has 0 saturated carbocycles. The van der Waals surface area contributed by atoms with Gasteiger partial charge in [-0.25, -0.2) is 4.79 Å². The summed E-state index contributed by atoms with van der Waals surface area (Å²) in [7, 11) is 3.17. The number of fused-ring (bicyclic) bond motifs is 1. The molecule has 0 unspecified atom stereocenters. The van der Waals surface area contributed by atoms with Crippen molar-refractivity contribution >= 4 is 11.8 Å². The number of nitrogens with two attached hydrogens (primary N) is 1. The van der Waals surface area contributed by atoms with Gasteiger partial charge in [-0.05, 0) is 38.4 Å². The zero-order chi connectivity index (χ0) is 16.3. The van der Waals surface area contributed by atoms with Crippen LogP contribution in [0.5, 0.6) is 11.5 Å². The monoisotopic (exact) mass is 308 g/mol. The summed E-state index contributed by atoms with van der Waals surface area (Å²) in [4.78, 5) is 14.0. The number of benzene rings is 1. The van der Waals surface area contributed by atoms with E-state index in [1.807, 2.05) is 19.1 Å². The van der Waals surface area contributed by atoms with Gasteiger partial charge >= 0.3 is 6.09 Å². The summed E-state index contributed by atoms with van der Waals surface area (Å²) in [5.41, 5.74) is 7.69. The van der Waals surface area contributed by atoms with Gasteiger partial charge in [-0.1, -0.05) is 0 Å². The summed E-state index contributed by atoms with van der Waals surface area (Å²) in [6.45, 7) is 4.65. The molecular weight excluding hydrogens is 284 g/mol. The Bertz CT molecular complexity index is 547. The fourth-order valence-corrected chi connectivity index (χ4v) is 3.00. The Morgan fingerprint density at radius 1 is 1.32 bits per heavy atom. The highest BCUT2D eigenvalue weighted by Crippen LogP contribution is 2.44. The Labute approximate surface area is 131 Å². The molecule has 0 fully saturated rings. The largest absolute Gasteiger partial charge is 0.493 e. The zero-order valence-corrected chi connectivity index (χ0v) is 13.6. The molecule has 0 spiro atoms. The van der Waals surface area contributed by atoms with Crippen molar-refractivity contribution in [2.24, 2.45) is 5.73 Å². The number of carbonyl (C=O) groups excluding carboxylic acids is 1. The van der Waals surface area contributed by atoms with E-state index >= 15 is 0 Å². The van der Waals surface area contributed by atoms with Gasteiger partial charge in [0.25, 0.3) is 0 Å². The average Bonchev–Trinajstić information content (AvgIpc) is 2.52. The van der Waals surface area contributed by atoms with E-state index in [-0.39, 0.29) is 18.1 Å². The van der Waals surface area contributed by atoms with Crippen LogP contribution < -0.4 is 20.1 Å². The standard InChI is InChI=1S/C16H24N2O4/c1-5-22-16(19)18-10(2)6-11(9-17)12-7-14(20-3)15(21-4)8-13(12)18/h7-8,10-11H,5-6,9,17H2,1-4H3/t10-,11-/m0/s1. The molecule has 0 aliphatic carbocycles. The zero-order valence-electron chi connectivity index (χ0n) is 13.6. The van der Waals surface area contributed by atoms with Crippen LogP contribution in [0.1, 0.15) is 31.7 Å². The highest BCUT2D eigenvalue weighted by atomic mass is 16.6. The Hall–Kier alpha value is -1.95. The summed E-state index contributed by atoms with van der Waals surface area (Å²) in [6, 6.07) is 3.74. The summed E-state index contributed by atoms with van der Waals surface area (Å²) < 4.78 is 15.9. The van der Waals surface area contributed by atoms with Gasteiger partial charge in [-0.2, -0.15) is 0 Å². The van der Waals surface area contributed by atoms with Crippen LogP contribution >= 0.6 is 0 Å². The fraction of sp³-hybridized carbons (Fsp3) is 0.562. The predicted octanol–water partition coefficient (Wildman–Crippen LogP) is 2.50. The summed E-state index contributed by atoms with van der Waals surface area (Å²) in [5, 5.41) is 0. The molecule has 2 rings (SSSR count). The molecule has 1 aliphatic rings. The number of amides is 1. The van der Waals surface area contributed by atoms with E-state index in [4.69, 9.17) is 19.9 Å². The van der Waals surface area contributed by atoms with Gasteiger partial charge in [0, 0.05) is 18.0 Å². The predicted molar refractivity (Wildman–Crippen MR) is 84.9 cm³/mol. The highest BCUT2D eigenvalue weighted by molar-refractivity contribution is 5.91. The minimum absolute atomic E-state index is 0.0122. The van der Waals surface area contributed by atoms with E-state index in [0.29, 0.717) is 24.7 Å². The molecule has 2 N–H and O–H groups in total. The second kappa shape index (κ2) is 6.87. The van der Waals surface area contributed by atoms with Gasteiger partial charge in [0.05, 0.1) is 26.5 Å². The molecule has 0 saturated heterocycles. The van der Waals surface area contributed by atoms with Gasteiger partial charge in [-0.15, -0.1) is 0 Å². The van der Waals surface area contributed by atoms with E-state index in [2.05, 4.69) is 0 Å². The second-order valence-corrected chi connectivity index (χ2v) is 5.35. The molecule has 6 heteroatoms. The topological polar surface area (TPSA) is 74.0 Å². The molecule has 122 valence electrons. The highest BCUT2D eigenvalue weighted by Gasteiger charge is 2.35. The number of hydrogen-bond acceptors (Lipinski definition) is 5. The third kappa shape index (κ3) is 2.83. The fourth-order valence-electron chi connectivity index (χ4n) is 3.00. The molecule has 1 amide bonds. The number of ether oxygens (including phenoxy) is 3. The average molecular weight is 308 g/mol. The summed E-state index contributed by atoms with van der Waals surface area (Å²) in [6.07, 6.45) is 0.441. The molecule has 0 bridgehead atoms. The number of methoxy groups -OCH3 is 2. The molecule has 2 atom stereocenters. The van der Waals surface area contributed by atoms with E-state index in [1.54, 1.807) is 26.0 Å². The van der Waals surface area contributed by atoms with Crippen LogP contribution in [-0.4, -0.2) is 39.5 Å². The van der Waals surface area contributed by atoms with Crippen molar-refractivity contribution in [3.05, 3.63) is 17.7 Å². The first-order valence-electron chi connectivity index (χ1n) is 7.49. The smallest absolute Gasteiger partial charge is 0.414 e. The van der Waals surface area contributed by atoms with Crippen LogP contribution in [0.2, 0.25) is 0 Å². The van der Waals surface area contributed by atoms with Crippen LogP contribution in [-0.2, 0) is 4.74 Å². The van der Waals surface area contributed by atoms with Gasteiger partial charge < -0.3 is 19.9 Å². The van der Waals surface area contributed by atoms with Gasteiger partial charge in [0.1, 0.15) is 0 Å². The van der Waals surface area contributed by atoms with E-state index in [0.717, 1.165) is 17.7 Å². The van der Waals surface area contributed by atoms with Gasteiger partial charge in [-0.3, -0.25) is 4.90 Å². The van der Waals surface area contributed by atoms with Crippen LogP contribution in [0.4, 0.5) is 10.5 Å². The van der Waals surface area contributed by atoms with Gasteiger partial charge in [0.15, 0.2) is 11.5 Å². The Morgan fingerprint density at radius 3 is 2.50 bits per heavy atom. The van der Waals surface area contributed by atoms with E-state index < -0.39 is 0 Å². The molecule has 6 nitrogen and oxygen atoms in total. The van der Waals surface area contributed by atoms with Crippen molar-refractivity contribution in [2.75, 3.05) is 32.3 Å². The lowest BCUT2D eigenvalue weighted by Crippen LogP contribution is -2.44. The van der Waals surface area contributed by atoms with Crippen molar-refractivity contribution < 1.29 is 19.0 Å². The molecule has 1 aromatic rings. The van der Waals surface area contributed by atoms with Crippen molar-refractivity contribution in [2.45, 2.75) is 32.2 Å². The molecule has 1 aromatic carbocycles. The van der Waals surface area contributed by atoms with E-state index in [9.17, 15) is 4.79 Å². The molecule has 1 aliphatic heterocycles. The Balaban J connectivity index is 2.56. The maximum Gasteiger partial charge on any atom is 0.414 e. The van der Waals surface area contributed by atoms with Gasteiger partial charge in [0.2, 0.25) is 0 Å². The minimum atomic E-state index is -0.348. The third-order valence-electron chi connectivity index (χ3n) is 4.05. The minimum Gasteiger partial charge on any atom is -0.493 e. The number of anilines is 1. The number of nitrogens with zero attached hydrogens (tertiary/aromatic N) is 1. The summed E-state index contributed by atoms with van der Waals surface area (Å²) in [5.74, 6) is 1.40. The normalized spacial score (nSPS) is 20.3. The van der Waals surface area contributed by atoms with Crippen LogP contribution in [0.15, 0.2) is 12.1 Å². The number of hydrogen-bond donors (Lipinski definition) is 1. The second-order valence-electron chi connectivity index (χ2n) is 5.35. The first kappa shape index (κ1) is 16.4. The SMILES string of the molecule is CCOC(=O)N1c2cc(OC)c(OC)cc2[C@H](CN)C[C@@H]1C. The van der Waals surface area contributed by atoms with Crippen LogP contribution in [0, 0.1) is 0 Å². The lowest BCUT2D eigenvalue weighted by Gasteiger charge is -2.38. The van der Waals surface area contributed by atoms with Crippen molar-refractivity contribution in [3.63, 3.8) is 0 Å². The quantitative estimate of drug-likeness (QED) is 0.925. The van der Waals surface area contributed by atoms with Crippen LogP contribution in [0.25, 0.3) is 0 Å².